The normalized spacial score (nSPS) is 10.4. The first kappa shape index (κ1) is 13.2. The quantitative estimate of drug-likeness (QED) is 0.701. The van der Waals surface area contributed by atoms with Gasteiger partial charge in [0.1, 0.15) is 0 Å². The molecule has 0 N–H and O–H groups in total. The highest BCUT2D eigenvalue weighted by Gasteiger charge is 2.12. The maximum Gasteiger partial charge on any atom is 0.0522 e. The summed E-state index contributed by atoms with van der Waals surface area (Å²) in [4.78, 5) is 0. The van der Waals surface area contributed by atoms with Crippen LogP contribution in [0.4, 0.5) is 0 Å². The lowest BCUT2D eigenvalue weighted by atomic mass is 10.1. The fourth-order valence-electron chi connectivity index (χ4n) is 1.59. The molecule has 0 aliphatic carbocycles. The molecule has 0 unspecified atom stereocenters. The van der Waals surface area contributed by atoms with Gasteiger partial charge in [0.25, 0.3) is 0 Å². The number of aromatic nitrogens is 2. The Morgan fingerprint density at radius 2 is 1.64 bits per heavy atom. The minimum absolute atomic E-state index is 0.469. The van der Waals surface area contributed by atoms with Crippen LogP contribution in [0.15, 0.2) is 6.20 Å². The maximum atomic E-state index is 4.35. The summed E-state index contributed by atoms with van der Waals surface area (Å²) < 4.78 is 2.11. The molecule has 0 amide bonds. The Bertz CT molecular complexity index is 259. The SMILES string of the molecule is CC.Cc1cnn(C(C)C)c1C(C)C. The summed E-state index contributed by atoms with van der Waals surface area (Å²) in [6.45, 7) is 14.9. The van der Waals surface area contributed by atoms with Crippen molar-refractivity contribution in [2.24, 2.45) is 0 Å². The lowest BCUT2D eigenvalue weighted by Gasteiger charge is -2.14. The van der Waals surface area contributed by atoms with Gasteiger partial charge in [0, 0.05) is 11.7 Å². The molecule has 0 aliphatic heterocycles. The number of aryl methyl sites for hydroxylation is 1. The third-order valence-electron chi connectivity index (χ3n) is 2.06. The topological polar surface area (TPSA) is 17.8 Å². The molecule has 1 rings (SSSR count). The second kappa shape index (κ2) is 5.84. The molecule has 0 saturated heterocycles. The smallest absolute Gasteiger partial charge is 0.0522 e. The third-order valence-corrected chi connectivity index (χ3v) is 2.06. The van der Waals surface area contributed by atoms with Gasteiger partial charge in [-0.3, -0.25) is 4.68 Å². The fraction of sp³-hybridized carbons (Fsp3) is 0.750. The van der Waals surface area contributed by atoms with Crippen molar-refractivity contribution in [1.29, 1.82) is 0 Å². The molecule has 0 aliphatic rings. The first-order valence-electron chi connectivity index (χ1n) is 5.58. The maximum absolute atomic E-state index is 4.35. The van der Waals surface area contributed by atoms with Crippen molar-refractivity contribution in [3.63, 3.8) is 0 Å². The summed E-state index contributed by atoms with van der Waals surface area (Å²) in [7, 11) is 0. The number of hydrogen-bond acceptors (Lipinski definition) is 1. The molecule has 0 saturated carbocycles. The van der Waals surface area contributed by atoms with E-state index in [9.17, 15) is 0 Å². The molecule has 1 aromatic heterocycles. The van der Waals surface area contributed by atoms with Crippen molar-refractivity contribution in [2.75, 3.05) is 0 Å². The van der Waals surface area contributed by atoms with E-state index in [1.54, 1.807) is 0 Å². The molecular weight excluding hydrogens is 172 g/mol. The van der Waals surface area contributed by atoms with Crippen molar-refractivity contribution >= 4 is 0 Å². The summed E-state index contributed by atoms with van der Waals surface area (Å²) in [6.07, 6.45) is 1.95. The van der Waals surface area contributed by atoms with Gasteiger partial charge in [0.15, 0.2) is 0 Å². The highest BCUT2D eigenvalue weighted by atomic mass is 15.3. The van der Waals surface area contributed by atoms with E-state index in [4.69, 9.17) is 0 Å². The van der Waals surface area contributed by atoms with Crippen molar-refractivity contribution in [2.45, 2.75) is 60.4 Å². The van der Waals surface area contributed by atoms with Gasteiger partial charge in [0.05, 0.1) is 6.20 Å². The zero-order valence-electron chi connectivity index (χ0n) is 10.6. The van der Waals surface area contributed by atoms with Gasteiger partial charge in [-0.1, -0.05) is 27.7 Å². The molecule has 2 nitrogen and oxygen atoms in total. The Balaban J connectivity index is 0.000000791. The van der Waals surface area contributed by atoms with E-state index >= 15 is 0 Å². The average Bonchev–Trinajstić information content (AvgIpc) is 2.50. The first-order chi connectivity index (χ1) is 6.54. The molecule has 14 heavy (non-hydrogen) atoms. The van der Waals surface area contributed by atoms with Crippen LogP contribution in [0.3, 0.4) is 0 Å². The van der Waals surface area contributed by atoms with Gasteiger partial charge in [-0.25, -0.2) is 0 Å². The van der Waals surface area contributed by atoms with E-state index in [1.807, 2.05) is 20.0 Å². The van der Waals surface area contributed by atoms with E-state index < -0.39 is 0 Å². The van der Waals surface area contributed by atoms with Gasteiger partial charge in [-0.05, 0) is 32.3 Å². The molecule has 0 fully saturated rings. The van der Waals surface area contributed by atoms with Gasteiger partial charge < -0.3 is 0 Å². The Hall–Kier alpha value is -0.790. The molecule has 0 atom stereocenters. The zero-order valence-corrected chi connectivity index (χ0v) is 10.6. The van der Waals surface area contributed by atoms with E-state index in [-0.39, 0.29) is 0 Å². The van der Waals surface area contributed by atoms with Crippen LogP contribution in [0.1, 0.15) is 64.8 Å². The molecule has 2 heteroatoms. The third kappa shape index (κ3) is 2.86. The largest absolute Gasteiger partial charge is 0.267 e. The number of rotatable bonds is 2. The summed E-state index contributed by atoms with van der Waals surface area (Å²) in [5, 5.41) is 4.35. The van der Waals surface area contributed by atoms with E-state index in [0.717, 1.165) is 0 Å². The van der Waals surface area contributed by atoms with E-state index in [0.29, 0.717) is 12.0 Å². The Morgan fingerprint density at radius 1 is 1.14 bits per heavy atom. The summed E-state index contributed by atoms with van der Waals surface area (Å²) in [6, 6.07) is 0.469. The molecular formula is C12H24N2. The van der Waals surface area contributed by atoms with E-state index in [1.165, 1.54) is 11.3 Å². The highest BCUT2D eigenvalue weighted by Crippen LogP contribution is 2.21. The Kier molecular flexibility index (Phi) is 5.51. The lowest BCUT2D eigenvalue weighted by Crippen LogP contribution is -2.09. The second-order valence-electron chi connectivity index (χ2n) is 3.91. The van der Waals surface area contributed by atoms with Crippen LogP contribution in [0.25, 0.3) is 0 Å². The predicted molar refractivity (Wildman–Crippen MR) is 62.8 cm³/mol. The van der Waals surface area contributed by atoms with Gasteiger partial charge >= 0.3 is 0 Å². The molecule has 0 spiro atoms. The summed E-state index contributed by atoms with van der Waals surface area (Å²) >= 11 is 0. The van der Waals surface area contributed by atoms with Crippen LogP contribution >= 0.6 is 0 Å². The van der Waals surface area contributed by atoms with Crippen LogP contribution < -0.4 is 0 Å². The monoisotopic (exact) mass is 196 g/mol. The van der Waals surface area contributed by atoms with Crippen LogP contribution in [-0.4, -0.2) is 9.78 Å². The lowest BCUT2D eigenvalue weighted by molar-refractivity contribution is 0.497. The molecule has 0 bridgehead atoms. The summed E-state index contributed by atoms with van der Waals surface area (Å²) in [5.74, 6) is 0.565. The fourth-order valence-corrected chi connectivity index (χ4v) is 1.59. The Morgan fingerprint density at radius 3 is 1.93 bits per heavy atom. The Labute approximate surface area is 88.3 Å². The van der Waals surface area contributed by atoms with Crippen LogP contribution in [0.2, 0.25) is 0 Å². The van der Waals surface area contributed by atoms with Crippen molar-refractivity contribution in [3.05, 3.63) is 17.5 Å². The van der Waals surface area contributed by atoms with Crippen molar-refractivity contribution in [1.82, 2.24) is 9.78 Å². The molecule has 82 valence electrons. The average molecular weight is 196 g/mol. The molecule has 0 aromatic carbocycles. The highest BCUT2D eigenvalue weighted by molar-refractivity contribution is 5.19. The zero-order chi connectivity index (χ0) is 11.3. The van der Waals surface area contributed by atoms with Gasteiger partial charge in [-0.15, -0.1) is 0 Å². The minimum Gasteiger partial charge on any atom is -0.267 e. The minimum atomic E-state index is 0.469. The van der Waals surface area contributed by atoms with Crippen LogP contribution in [0.5, 0.6) is 0 Å². The predicted octanol–water partition coefficient (Wildman–Crippen LogP) is 3.92. The number of hydrogen-bond donors (Lipinski definition) is 0. The summed E-state index contributed by atoms with van der Waals surface area (Å²) in [5.41, 5.74) is 2.67. The molecule has 1 aromatic rings. The van der Waals surface area contributed by atoms with Gasteiger partial charge in [0.2, 0.25) is 0 Å². The van der Waals surface area contributed by atoms with E-state index in [2.05, 4.69) is 44.4 Å². The van der Waals surface area contributed by atoms with Crippen molar-refractivity contribution < 1.29 is 0 Å². The standard InChI is InChI=1S/C10H18N2.C2H6/c1-7(2)10-9(5)6-11-12(10)8(3)4;1-2/h6-8H,1-5H3;1-2H3. The number of nitrogens with zero attached hydrogens (tertiary/aromatic N) is 2. The van der Waals surface area contributed by atoms with Crippen molar-refractivity contribution in [3.8, 4) is 0 Å². The second-order valence-corrected chi connectivity index (χ2v) is 3.91. The molecule has 1 heterocycles. The van der Waals surface area contributed by atoms with Crippen LogP contribution in [-0.2, 0) is 0 Å². The van der Waals surface area contributed by atoms with Crippen LogP contribution in [0, 0.1) is 6.92 Å². The van der Waals surface area contributed by atoms with Gasteiger partial charge in [-0.2, -0.15) is 5.10 Å². The first-order valence-corrected chi connectivity index (χ1v) is 5.58. The molecule has 0 radical (unpaired) electrons.